The van der Waals surface area contributed by atoms with E-state index < -0.39 is 10.0 Å². The number of hydrogen-bond donors (Lipinski definition) is 2. The predicted octanol–water partition coefficient (Wildman–Crippen LogP) is -5.76. The maximum absolute atomic E-state index is 11.5. The standard InChI is InChI=1S/C9H14N2O2S.2ClH.Ru/c1-8-2-4-9(5-3-8)14(12,13)11-7-6-10;;;/h2-5,11H,6-7,10H2,1H3;2*1H;/q;;;+2/p-2. The second-order valence-electron chi connectivity index (χ2n) is 3.00. The summed E-state index contributed by atoms with van der Waals surface area (Å²) in [4.78, 5) is 0.275. The van der Waals surface area contributed by atoms with Crippen molar-refractivity contribution in [2.75, 3.05) is 13.1 Å². The topological polar surface area (TPSA) is 72.2 Å². The third kappa shape index (κ3) is 7.34. The van der Waals surface area contributed by atoms with Crippen LogP contribution in [-0.2, 0) is 29.5 Å². The fraction of sp³-hybridized carbons (Fsp3) is 0.333. The molecule has 1 aromatic rings. The normalized spacial score (nSPS) is 9.53. The molecule has 100 valence electrons. The molecular weight excluding hydrogens is 372 g/mol. The summed E-state index contributed by atoms with van der Waals surface area (Å²) in [6.45, 7) is 2.46. The van der Waals surface area contributed by atoms with Gasteiger partial charge in [0.15, 0.2) is 0 Å². The molecule has 0 fully saturated rings. The van der Waals surface area contributed by atoms with E-state index in [0.29, 0.717) is 6.54 Å². The van der Waals surface area contributed by atoms with E-state index in [-0.39, 0.29) is 55.7 Å². The summed E-state index contributed by atoms with van der Waals surface area (Å²) in [6, 6.07) is 6.68. The molecule has 0 spiro atoms. The molecule has 0 radical (unpaired) electrons. The van der Waals surface area contributed by atoms with Crippen molar-refractivity contribution in [2.45, 2.75) is 11.8 Å². The van der Waals surface area contributed by atoms with E-state index in [1.165, 1.54) is 0 Å². The monoisotopic (exact) mass is 386 g/mol. The number of benzene rings is 1. The Hall–Kier alpha value is 0.293. The smallest absolute Gasteiger partial charge is 1.00 e. The fourth-order valence-corrected chi connectivity index (χ4v) is 2.04. The van der Waals surface area contributed by atoms with Gasteiger partial charge in [-0.25, -0.2) is 13.1 Å². The summed E-state index contributed by atoms with van der Waals surface area (Å²) in [7, 11) is -3.37. The van der Waals surface area contributed by atoms with Crippen molar-refractivity contribution in [3.8, 4) is 0 Å². The van der Waals surface area contributed by atoms with E-state index >= 15 is 0 Å². The van der Waals surface area contributed by atoms with Crippen LogP contribution in [0.2, 0.25) is 0 Å². The molecule has 0 aliphatic heterocycles. The minimum Gasteiger partial charge on any atom is -1.00 e. The van der Waals surface area contributed by atoms with Crippen LogP contribution in [0.15, 0.2) is 29.2 Å². The van der Waals surface area contributed by atoms with E-state index in [0.717, 1.165) is 5.56 Å². The second-order valence-corrected chi connectivity index (χ2v) is 4.77. The molecule has 0 amide bonds. The first-order chi connectivity index (χ1) is 6.56. The Morgan fingerprint density at radius 1 is 1.18 bits per heavy atom. The third-order valence-corrected chi connectivity index (χ3v) is 3.24. The van der Waals surface area contributed by atoms with Crippen molar-refractivity contribution in [1.29, 1.82) is 0 Å². The first kappa shape index (κ1) is 22.5. The van der Waals surface area contributed by atoms with E-state index in [1.54, 1.807) is 24.3 Å². The van der Waals surface area contributed by atoms with Gasteiger partial charge in [0.2, 0.25) is 10.0 Å². The first-order valence-electron chi connectivity index (χ1n) is 4.32. The summed E-state index contributed by atoms with van der Waals surface area (Å²) < 4.78 is 25.5. The number of hydrogen-bond acceptors (Lipinski definition) is 3. The number of aryl methyl sites for hydroxylation is 1. The van der Waals surface area contributed by atoms with Gasteiger partial charge in [-0.05, 0) is 19.1 Å². The molecule has 1 aromatic carbocycles. The Morgan fingerprint density at radius 2 is 1.65 bits per heavy atom. The quantitative estimate of drug-likeness (QED) is 0.507. The van der Waals surface area contributed by atoms with Gasteiger partial charge in [0.25, 0.3) is 0 Å². The van der Waals surface area contributed by atoms with Crippen LogP contribution in [0.1, 0.15) is 5.56 Å². The van der Waals surface area contributed by atoms with Gasteiger partial charge >= 0.3 is 19.5 Å². The summed E-state index contributed by atoms with van der Waals surface area (Å²) in [6.07, 6.45) is 0. The SMILES string of the molecule is Cc1ccc(S(=O)(=O)NCCN)cc1.[Cl-].[Cl-].[Ru+2]. The zero-order chi connectivity index (χ0) is 10.6. The van der Waals surface area contributed by atoms with Gasteiger partial charge in [0.05, 0.1) is 4.90 Å². The molecule has 8 heteroatoms. The first-order valence-corrected chi connectivity index (χ1v) is 5.81. The summed E-state index contributed by atoms with van der Waals surface area (Å²) in [5, 5.41) is 0. The van der Waals surface area contributed by atoms with E-state index in [2.05, 4.69) is 4.72 Å². The number of rotatable bonds is 4. The van der Waals surface area contributed by atoms with E-state index in [4.69, 9.17) is 5.73 Å². The van der Waals surface area contributed by atoms with Crippen LogP contribution in [-0.4, -0.2) is 21.5 Å². The number of sulfonamides is 1. The maximum Gasteiger partial charge on any atom is 2.00 e. The van der Waals surface area contributed by atoms with Crippen molar-refractivity contribution in [1.82, 2.24) is 4.72 Å². The molecule has 0 aromatic heterocycles. The number of halogens is 2. The van der Waals surface area contributed by atoms with Gasteiger partial charge < -0.3 is 30.5 Å². The molecule has 0 aliphatic carbocycles. The Morgan fingerprint density at radius 3 is 2.06 bits per heavy atom. The molecule has 3 N–H and O–H groups in total. The van der Waals surface area contributed by atoms with Crippen LogP contribution in [0.4, 0.5) is 0 Å². The van der Waals surface area contributed by atoms with Gasteiger partial charge in [-0.2, -0.15) is 0 Å². The van der Waals surface area contributed by atoms with Crippen molar-refractivity contribution in [3.63, 3.8) is 0 Å². The zero-order valence-corrected chi connectivity index (χ0v) is 13.2. The van der Waals surface area contributed by atoms with Crippen molar-refractivity contribution in [2.24, 2.45) is 5.73 Å². The minimum absolute atomic E-state index is 0. The maximum atomic E-state index is 11.5. The van der Waals surface area contributed by atoms with Gasteiger partial charge in [-0.1, -0.05) is 17.7 Å². The van der Waals surface area contributed by atoms with Crippen molar-refractivity contribution < 1.29 is 52.7 Å². The second kappa shape index (κ2) is 10.2. The Balaban J connectivity index is -0.000000653. The van der Waals surface area contributed by atoms with Gasteiger partial charge in [0.1, 0.15) is 0 Å². The Kier molecular flexibility index (Phi) is 13.5. The average Bonchev–Trinajstić information content (AvgIpc) is 2.16. The van der Waals surface area contributed by atoms with Gasteiger partial charge in [-0.3, -0.25) is 0 Å². The van der Waals surface area contributed by atoms with Crippen molar-refractivity contribution in [3.05, 3.63) is 29.8 Å². The van der Waals surface area contributed by atoms with Crippen LogP contribution >= 0.6 is 0 Å². The van der Waals surface area contributed by atoms with Crippen LogP contribution in [0.3, 0.4) is 0 Å². The van der Waals surface area contributed by atoms with Crippen LogP contribution in [0.5, 0.6) is 0 Å². The number of nitrogens with two attached hydrogens (primary N) is 1. The van der Waals surface area contributed by atoms with E-state index in [9.17, 15) is 8.42 Å². The minimum atomic E-state index is -3.37. The molecule has 0 saturated carbocycles. The van der Waals surface area contributed by atoms with E-state index in [1.807, 2.05) is 6.92 Å². The molecular formula is C9H14Cl2N2O2RuS. The van der Waals surface area contributed by atoms with Crippen LogP contribution in [0, 0.1) is 6.92 Å². The number of nitrogens with one attached hydrogen (secondary N) is 1. The zero-order valence-electron chi connectivity index (χ0n) is 9.14. The Bertz CT molecular complexity index is 398. The molecule has 0 heterocycles. The van der Waals surface area contributed by atoms with Gasteiger partial charge in [-0.15, -0.1) is 0 Å². The molecule has 1 rings (SSSR count). The molecule has 0 unspecified atom stereocenters. The van der Waals surface area contributed by atoms with Crippen LogP contribution < -0.4 is 35.3 Å². The van der Waals surface area contributed by atoms with Crippen LogP contribution in [0.25, 0.3) is 0 Å². The molecule has 0 aliphatic rings. The molecule has 4 nitrogen and oxygen atoms in total. The molecule has 0 atom stereocenters. The summed E-state index contributed by atoms with van der Waals surface area (Å²) in [5.41, 5.74) is 6.24. The van der Waals surface area contributed by atoms with Crippen molar-refractivity contribution >= 4 is 10.0 Å². The Labute approximate surface area is 127 Å². The molecule has 0 bridgehead atoms. The predicted molar refractivity (Wildman–Crippen MR) is 55.4 cm³/mol. The van der Waals surface area contributed by atoms with Gasteiger partial charge in [0, 0.05) is 13.1 Å². The molecule has 0 saturated heterocycles. The average molecular weight is 386 g/mol. The third-order valence-electron chi connectivity index (χ3n) is 1.77. The largest absolute Gasteiger partial charge is 2.00 e. The summed E-state index contributed by atoms with van der Waals surface area (Å²) >= 11 is 0. The molecule has 17 heavy (non-hydrogen) atoms. The fourth-order valence-electron chi connectivity index (χ4n) is 0.994. The summed E-state index contributed by atoms with van der Waals surface area (Å²) in [5.74, 6) is 0.